The predicted octanol–water partition coefficient (Wildman–Crippen LogP) is 0.612. The minimum Gasteiger partial charge on any atom is -0.477 e. The average Bonchev–Trinajstić information content (AvgIpc) is 2.69. The summed E-state index contributed by atoms with van der Waals surface area (Å²) in [7, 11) is 0. The fourth-order valence-corrected chi connectivity index (χ4v) is 4.37. The Morgan fingerprint density at radius 2 is 2.14 bits per heavy atom. The maximum absolute atomic E-state index is 12.2. The largest absolute Gasteiger partial charge is 0.477 e. The molecule has 118 valence electrons. The van der Waals surface area contributed by atoms with E-state index in [9.17, 15) is 19.8 Å². The Bertz CT molecular complexity index is 478. The highest BCUT2D eigenvalue weighted by atomic mass is 32.2. The van der Waals surface area contributed by atoms with Crippen molar-refractivity contribution in [1.82, 2.24) is 4.90 Å². The molecule has 0 aliphatic carbocycles. The molecule has 2 rings (SSSR count). The highest BCUT2D eigenvalue weighted by Crippen LogP contribution is 2.51. The predicted molar refractivity (Wildman–Crippen MR) is 80.4 cm³/mol. The van der Waals surface area contributed by atoms with Crippen LogP contribution in [0.15, 0.2) is 10.6 Å². The van der Waals surface area contributed by atoms with Crippen LogP contribution in [-0.4, -0.2) is 51.9 Å². The number of carbonyl (C=O) groups is 2. The van der Waals surface area contributed by atoms with Gasteiger partial charge in [0.2, 0.25) is 5.91 Å². The van der Waals surface area contributed by atoms with Crippen molar-refractivity contribution in [3.8, 4) is 0 Å². The van der Waals surface area contributed by atoms with Gasteiger partial charge < -0.3 is 20.8 Å². The van der Waals surface area contributed by atoms with Gasteiger partial charge in [-0.2, -0.15) is 0 Å². The lowest BCUT2D eigenvalue weighted by molar-refractivity contribution is -0.163. The Morgan fingerprint density at radius 1 is 1.48 bits per heavy atom. The summed E-state index contributed by atoms with van der Waals surface area (Å²) in [6.45, 7) is 2.19. The van der Waals surface area contributed by atoms with E-state index in [0.29, 0.717) is 6.54 Å². The number of fused-ring (bicyclic) bond motifs is 1. The fraction of sp³-hybridized carbons (Fsp3) is 0.714. The number of unbranched alkanes of at least 4 members (excludes halogenated alkanes) is 1. The molecule has 21 heavy (non-hydrogen) atoms. The van der Waals surface area contributed by atoms with Crippen LogP contribution in [-0.2, 0) is 9.59 Å². The Labute approximate surface area is 128 Å². The fourth-order valence-electron chi connectivity index (χ4n) is 3.43. The van der Waals surface area contributed by atoms with Crippen LogP contribution in [0.2, 0.25) is 0 Å². The van der Waals surface area contributed by atoms with Crippen molar-refractivity contribution in [2.75, 3.05) is 12.8 Å². The Hall–Kier alpha value is -1.05. The number of aliphatic hydroxyl groups excluding tert-OH is 1. The summed E-state index contributed by atoms with van der Waals surface area (Å²) in [5, 5.41) is 19.2. The Kier molecular flexibility index (Phi) is 4.95. The minimum absolute atomic E-state index is 0.00468. The Morgan fingerprint density at radius 3 is 2.62 bits per heavy atom. The molecule has 0 aromatic rings. The molecule has 0 unspecified atom stereocenters. The maximum Gasteiger partial charge on any atom is 0.353 e. The van der Waals surface area contributed by atoms with Gasteiger partial charge in [0.1, 0.15) is 5.70 Å². The molecule has 6 nitrogen and oxygen atoms in total. The highest BCUT2D eigenvalue weighted by Gasteiger charge is 2.60. The van der Waals surface area contributed by atoms with Crippen LogP contribution in [0.5, 0.6) is 0 Å². The molecule has 1 amide bonds. The van der Waals surface area contributed by atoms with E-state index >= 15 is 0 Å². The quantitative estimate of drug-likeness (QED) is 0.470. The molecule has 0 radical (unpaired) electrons. The molecule has 0 bridgehead atoms. The van der Waals surface area contributed by atoms with E-state index in [1.165, 1.54) is 16.7 Å². The molecule has 7 heteroatoms. The third-order valence-electron chi connectivity index (χ3n) is 4.32. The molecule has 0 aromatic heterocycles. The molecule has 0 spiro atoms. The second-order valence-corrected chi connectivity index (χ2v) is 6.43. The summed E-state index contributed by atoms with van der Waals surface area (Å²) in [6, 6.07) is -0.219. The highest BCUT2D eigenvalue weighted by molar-refractivity contribution is 8.02. The van der Waals surface area contributed by atoms with Crippen molar-refractivity contribution in [2.45, 2.75) is 38.3 Å². The number of carbonyl (C=O) groups excluding carboxylic acids is 1. The van der Waals surface area contributed by atoms with Crippen molar-refractivity contribution in [2.24, 2.45) is 17.6 Å². The molecular weight excluding hydrogens is 292 g/mol. The smallest absolute Gasteiger partial charge is 0.353 e. The van der Waals surface area contributed by atoms with E-state index in [-0.39, 0.29) is 23.6 Å². The van der Waals surface area contributed by atoms with Gasteiger partial charge in [-0.3, -0.25) is 4.79 Å². The van der Waals surface area contributed by atoms with E-state index in [2.05, 4.69) is 0 Å². The number of carboxylic acid groups (broad SMARTS) is 1. The minimum atomic E-state index is -1.07. The van der Waals surface area contributed by atoms with Crippen molar-refractivity contribution in [3.05, 3.63) is 10.6 Å². The van der Waals surface area contributed by atoms with Gasteiger partial charge in [-0.25, -0.2) is 4.79 Å². The summed E-state index contributed by atoms with van der Waals surface area (Å²) < 4.78 is 0. The number of nitrogens with two attached hydrogens (primary N) is 1. The van der Waals surface area contributed by atoms with E-state index < -0.39 is 18.0 Å². The first-order valence-electron chi connectivity index (χ1n) is 7.18. The van der Waals surface area contributed by atoms with Crippen molar-refractivity contribution in [1.29, 1.82) is 0 Å². The van der Waals surface area contributed by atoms with Crippen molar-refractivity contribution < 1.29 is 19.8 Å². The number of aliphatic hydroxyl groups is 1. The van der Waals surface area contributed by atoms with Gasteiger partial charge >= 0.3 is 5.97 Å². The SMILES string of the molecule is CSC1=C(C(=O)O)N2C(=O)[C@H]([C@@H](C)O)[C@H]2[C@H]1CCCCN. The number of hydrogen-bond donors (Lipinski definition) is 3. The standard InChI is InChI=1S/C14H22N2O4S/c1-7(17)9-10-8(5-3-4-6-15)12(21-2)11(14(19)20)16(10)13(9)18/h7-10,17H,3-6,15H2,1-2H3,(H,19,20)/t7-,8-,9-,10-/m1/s1. The van der Waals surface area contributed by atoms with Crippen LogP contribution < -0.4 is 5.73 Å². The number of thioether (sulfide) groups is 1. The molecule has 4 atom stereocenters. The number of hydrogen-bond acceptors (Lipinski definition) is 5. The van der Waals surface area contributed by atoms with Crippen LogP contribution in [0.4, 0.5) is 0 Å². The van der Waals surface area contributed by atoms with Crippen LogP contribution in [0.1, 0.15) is 26.2 Å². The first kappa shape index (κ1) is 16.3. The molecular formula is C14H22N2O4S. The van der Waals surface area contributed by atoms with Gasteiger partial charge in [-0.05, 0) is 32.6 Å². The molecule has 0 aromatic carbocycles. The van der Waals surface area contributed by atoms with Crippen LogP contribution in [0.3, 0.4) is 0 Å². The summed E-state index contributed by atoms with van der Waals surface area (Å²) >= 11 is 1.39. The summed E-state index contributed by atoms with van der Waals surface area (Å²) in [5.74, 6) is -1.84. The number of nitrogens with zero attached hydrogens (tertiary/aromatic N) is 1. The Balaban J connectivity index is 2.30. The zero-order chi connectivity index (χ0) is 15.7. The van der Waals surface area contributed by atoms with Gasteiger partial charge in [0, 0.05) is 10.8 Å². The number of β-lactam (4-membered cyclic amide) rings is 1. The zero-order valence-corrected chi connectivity index (χ0v) is 13.1. The third-order valence-corrected chi connectivity index (χ3v) is 5.26. The number of aliphatic carboxylic acids is 1. The number of amides is 1. The lowest BCUT2D eigenvalue weighted by Gasteiger charge is -2.47. The van der Waals surface area contributed by atoms with Gasteiger partial charge in [-0.15, -0.1) is 11.8 Å². The van der Waals surface area contributed by atoms with E-state index in [0.717, 1.165) is 24.2 Å². The average molecular weight is 314 g/mol. The first-order chi connectivity index (χ1) is 9.95. The maximum atomic E-state index is 12.2. The number of carboxylic acids is 1. The molecule has 2 heterocycles. The second kappa shape index (κ2) is 6.37. The third kappa shape index (κ3) is 2.58. The normalized spacial score (nSPS) is 29.4. The van der Waals surface area contributed by atoms with E-state index in [4.69, 9.17) is 5.73 Å². The van der Waals surface area contributed by atoms with E-state index in [1.54, 1.807) is 6.92 Å². The molecule has 1 fully saturated rings. The molecule has 4 N–H and O–H groups in total. The lowest BCUT2D eigenvalue weighted by Crippen LogP contribution is -2.63. The summed E-state index contributed by atoms with van der Waals surface area (Å²) in [5.41, 5.74) is 5.62. The first-order valence-corrected chi connectivity index (χ1v) is 8.40. The number of rotatable bonds is 7. The van der Waals surface area contributed by atoms with Gasteiger partial charge in [0.15, 0.2) is 0 Å². The van der Waals surface area contributed by atoms with Gasteiger partial charge in [0.25, 0.3) is 0 Å². The zero-order valence-electron chi connectivity index (χ0n) is 12.3. The van der Waals surface area contributed by atoms with Gasteiger partial charge in [0.05, 0.1) is 18.1 Å². The van der Waals surface area contributed by atoms with Crippen molar-refractivity contribution in [3.63, 3.8) is 0 Å². The van der Waals surface area contributed by atoms with Crippen LogP contribution >= 0.6 is 11.8 Å². The van der Waals surface area contributed by atoms with Crippen LogP contribution in [0, 0.1) is 11.8 Å². The van der Waals surface area contributed by atoms with Gasteiger partial charge in [-0.1, -0.05) is 6.42 Å². The summed E-state index contributed by atoms with van der Waals surface area (Å²) in [6.07, 6.45) is 3.64. The summed E-state index contributed by atoms with van der Waals surface area (Å²) in [4.78, 5) is 25.8. The second-order valence-electron chi connectivity index (χ2n) is 5.58. The van der Waals surface area contributed by atoms with E-state index in [1.807, 2.05) is 6.26 Å². The molecule has 2 aliphatic rings. The lowest BCUT2D eigenvalue weighted by atomic mass is 9.77. The van der Waals surface area contributed by atoms with Crippen LogP contribution in [0.25, 0.3) is 0 Å². The van der Waals surface area contributed by atoms with Crippen molar-refractivity contribution >= 4 is 23.6 Å². The topological polar surface area (TPSA) is 104 Å². The monoisotopic (exact) mass is 314 g/mol. The molecule has 2 aliphatic heterocycles. The molecule has 1 saturated heterocycles. The molecule has 0 saturated carbocycles.